The van der Waals surface area contributed by atoms with Crippen LogP contribution in [-0.2, 0) is 19.3 Å². The summed E-state index contributed by atoms with van der Waals surface area (Å²) in [5.41, 5.74) is 11.2. The molecule has 0 atom stereocenters. The van der Waals surface area contributed by atoms with Gasteiger partial charge < -0.3 is 5.73 Å². The Kier molecular flexibility index (Phi) is 2.15. The van der Waals surface area contributed by atoms with Crippen LogP contribution in [0.1, 0.15) is 42.5 Å². The zero-order valence-electron chi connectivity index (χ0n) is 9.13. The van der Waals surface area contributed by atoms with E-state index in [9.17, 15) is 0 Å². The lowest BCUT2D eigenvalue weighted by atomic mass is 9.81. The third kappa shape index (κ3) is 1.52. The monoisotopic (exact) mass is 202 g/mol. The number of aromatic nitrogens is 1. The van der Waals surface area contributed by atoms with Gasteiger partial charge in [0.1, 0.15) is 0 Å². The van der Waals surface area contributed by atoms with Gasteiger partial charge in [0.05, 0.1) is 11.4 Å². The third-order valence-corrected chi connectivity index (χ3v) is 3.98. The molecule has 1 heterocycles. The third-order valence-electron chi connectivity index (χ3n) is 3.98. The van der Waals surface area contributed by atoms with E-state index in [1.54, 1.807) is 0 Å². The standard InChI is InChI=1S/C13H18N2/c14-13-11-6-2-5-10(11)8-15-12(13)7-9-3-1-4-9/h8-9H,1-7,14H2. The van der Waals surface area contributed by atoms with Gasteiger partial charge in [0.15, 0.2) is 0 Å². The van der Waals surface area contributed by atoms with Crippen LogP contribution in [0.4, 0.5) is 5.69 Å². The Hall–Kier alpha value is -1.05. The van der Waals surface area contributed by atoms with E-state index in [4.69, 9.17) is 5.73 Å². The van der Waals surface area contributed by atoms with Crippen LogP contribution in [0.3, 0.4) is 0 Å². The highest BCUT2D eigenvalue weighted by Crippen LogP contribution is 2.34. The predicted octanol–water partition coefficient (Wildman–Crippen LogP) is 2.50. The Bertz CT molecular complexity index is 380. The second kappa shape index (κ2) is 3.51. The molecule has 0 bridgehead atoms. The van der Waals surface area contributed by atoms with E-state index in [0.717, 1.165) is 18.0 Å². The molecule has 0 radical (unpaired) electrons. The van der Waals surface area contributed by atoms with E-state index in [-0.39, 0.29) is 0 Å². The van der Waals surface area contributed by atoms with Gasteiger partial charge in [-0.3, -0.25) is 4.98 Å². The molecule has 0 saturated heterocycles. The SMILES string of the molecule is Nc1c(CC2CCC2)ncc2c1CCC2. The Morgan fingerprint density at radius 2 is 2.13 bits per heavy atom. The Balaban J connectivity index is 1.88. The largest absolute Gasteiger partial charge is 0.397 e. The van der Waals surface area contributed by atoms with Crippen LogP contribution in [0.2, 0.25) is 0 Å². The first-order valence-corrected chi connectivity index (χ1v) is 6.09. The zero-order valence-corrected chi connectivity index (χ0v) is 9.13. The first-order chi connectivity index (χ1) is 7.34. The summed E-state index contributed by atoms with van der Waals surface area (Å²) in [5, 5.41) is 0. The topological polar surface area (TPSA) is 38.9 Å². The number of nitrogen functional groups attached to an aromatic ring is 1. The fraction of sp³-hybridized carbons (Fsp3) is 0.615. The summed E-state index contributed by atoms with van der Waals surface area (Å²) >= 11 is 0. The molecular formula is C13H18N2. The number of anilines is 1. The van der Waals surface area contributed by atoms with Crippen molar-refractivity contribution in [2.45, 2.75) is 44.9 Å². The molecule has 2 N–H and O–H groups in total. The van der Waals surface area contributed by atoms with Crippen molar-refractivity contribution in [3.63, 3.8) is 0 Å². The van der Waals surface area contributed by atoms with E-state index in [2.05, 4.69) is 11.2 Å². The number of nitrogens with two attached hydrogens (primary N) is 1. The van der Waals surface area contributed by atoms with E-state index in [0.29, 0.717) is 0 Å². The fourth-order valence-corrected chi connectivity index (χ4v) is 2.75. The first kappa shape index (κ1) is 9.20. The number of nitrogens with zero attached hydrogens (tertiary/aromatic N) is 1. The molecule has 1 aromatic heterocycles. The summed E-state index contributed by atoms with van der Waals surface area (Å²) < 4.78 is 0. The predicted molar refractivity (Wildman–Crippen MR) is 61.7 cm³/mol. The molecule has 0 spiro atoms. The molecule has 0 aromatic carbocycles. The lowest BCUT2D eigenvalue weighted by molar-refractivity contribution is 0.312. The highest BCUT2D eigenvalue weighted by atomic mass is 14.7. The maximum absolute atomic E-state index is 6.20. The van der Waals surface area contributed by atoms with Crippen molar-refractivity contribution in [2.75, 3.05) is 5.73 Å². The molecule has 3 rings (SSSR count). The van der Waals surface area contributed by atoms with Gasteiger partial charge >= 0.3 is 0 Å². The maximum atomic E-state index is 6.20. The summed E-state index contributed by atoms with van der Waals surface area (Å²) in [7, 11) is 0. The number of fused-ring (bicyclic) bond motifs is 1. The maximum Gasteiger partial charge on any atom is 0.0638 e. The van der Waals surface area contributed by atoms with E-state index < -0.39 is 0 Å². The van der Waals surface area contributed by atoms with Crippen molar-refractivity contribution in [2.24, 2.45) is 5.92 Å². The van der Waals surface area contributed by atoms with Crippen molar-refractivity contribution in [3.8, 4) is 0 Å². The molecule has 80 valence electrons. The molecule has 2 nitrogen and oxygen atoms in total. The van der Waals surface area contributed by atoms with Crippen LogP contribution < -0.4 is 5.73 Å². The Morgan fingerprint density at radius 3 is 2.87 bits per heavy atom. The minimum absolute atomic E-state index is 0.860. The van der Waals surface area contributed by atoms with Crippen LogP contribution in [0.25, 0.3) is 0 Å². The lowest BCUT2D eigenvalue weighted by Gasteiger charge is -2.25. The average Bonchev–Trinajstić information content (AvgIpc) is 2.62. The van der Waals surface area contributed by atoms with Gasteiger partial charge in [0, 0.05) is 6.20 Å². The Morgan fingerprint density at radius 1 is 1.27 bits per heavy atom. The normalized spacial score (nSPS) is 20.0. The van der Waals surface area contributed by atoms with Gasteiger partial charge in [0.25, 0.3) is 0 Å². The minimum atomic E-state index is 0.860. The highest BCUT2D eigenvalue weighted by Gasteiger charge is 2.22. The van der Waals surface area contributed by atoms with Gasteiger partial charge in [-0.15, -0.1) is 0 Å². The molecule has 2 aliphatic rings. The van der Waals surface area contributed by atoms with Gasteiger partial charge in [-0.2, -0.15) is 0 Å². The van der Waals surface area contributed by atoms with Crippen molar-refractivity contribution in [1.29, 1.82) is 0 Å². The summed E-state index contributed by atoms with van der Waals surface area (Å²) in [6.45, 7) is 0. The summed E-state index contributed by atoms with van der Waals surface area (Å²) in [6, 6.07) is 0. The van der Waals surface area contributed by atoms with E-state index in [1.807, 2.05) is 0 Å². The quantitative estimate of drug-likeness (QED) is 0.800. The number of rotatable bonds is 2. The van der Waals surface area contributed by atoms with Gasteiger partial charge in [0.2, 0.25) is 0 Å². The summed E-state index contributed by atoms with van der Waals surface area (Å²) in [5.74, 6) is 0.860. The van der Waals surface area contributed by atoms with Crippen molar-refractivity contribution in [3.05, 3.63) is 23.0 Å². The van der Waals surface area contributed by atoms with Crippen LogP contribution >= 0.6 is 0 Å². The highest BCUT2D eigenvalue weighted by molar-refractivity contribution is 5.55. The van der Waals surface area contributed by atoms with Crippen LogP contribution in [0.15, 0.2) is 6.20 Å². The van der Waals surface area contributed by atoms with Gasteiger partial charge in [-0.05, 0) is 42.7 Å². The van der Waals surface area contributed by atoms with Crippen molar-refractivity contribution in [1.82, 2.24) is 4.98 Å². The van der Waals surface area contributed by atoms with Gasteiger partial charge in [-0.1, -0.05) is 19.3 Å². The first-order valence-electron chi connectivity index (χ1n) is 6.09. The molecule has 2 heteroatoms. The minimum Gasteiger partial charge on any atom is -0.397 e. The molecule has 15 heavy (non-hydrogen) atoms. The fourth-order valence-electron chi connectivity index (χ4n) is 2.75. The van der Waals surface area contributed by atoms with Gasteiger partial charge in [-0.25, -0.2) is 0 Å². The van der Waals surface area contributed by atoms with Crippen LogP contribution in [0.5, 0.6) is 0 Å². The number of hydrogen-bond donors (Lipinski definition) is 1. The van der Waals surface area contributed by atoms with Crippen LogP contribution in [0, 0.1) is 5.92 Å². The second-order valence-electron chi connectivity index (χ2n) is 4.98. The lowest BCUT2D eigenvalue weighted by Crippen LogP contribution is -2.16. The number of pyridine rings is 1. The van der Waals surface area contributed by atoms with Crippen molar-refractivity contribution >= 4 is 5.69 Å². The molecule has 1 saturated carbocycles. The average molecular weight is 202 g/mol. The Labute approximate surface area is 90.9 Å². The van der Waals surface area contributed by atoms with Crippen LogP contribution in [-0.4, -0.2) is 4.98 Å². The smallest absolute Gasteiger partial charge is 0.0638 e. The summed E-state index contributed by atoms with van der Waals surface area (Å²) in [6.07, 6.45) is 10.9. The second-order valence-corrected chi connectivity index (χ2v) is 4.98. The van der Waals surface area contributed by atoms with Crippen molar-refractivity contribution < 1.29 is 0 Å². The molecule has 0 amide bonds. The van der Waals surface area contributed by atoms with E-state index in [1.165, 1.54) is 55.3 Å². The number of aryl methyl sites for hydroxylation is 1. The van der Waals surface area contributed by atoms with E-state index >= 15 is 0 Å². The molecule has 0 unspecified atom stereocenters. The molecule has 1 fully saturated rings. The molecular weight excluding hydrogens is 184 g/mol. The molecule has 2 aliphatic carbocycles. The molecule has 1 aromatic rings. The molecule has 0 aliphatic heterocycles. The zero-order chi connectivity index (χ0) is 10.3. The summed E-state index contributed by atoms with van der Waals surface area (Å²) in [4.78, 5) is 4.55. The number of hydrogen-bond acceptors (Lipinski definition) is 2.